The van der Waals surface area contributed by atoms with Crippen LogP contribution in [0.1, 0.15) is 24.1 Å². The van der Waals surface area contributed by atoms with Gasteiger partial charge in [0.2, 0.25) is 0 Å². The molecule has 1 aliphatic carbocycles. The van der Waals surface area contributed by atoms with Gasteiger partial charge in [-0.25, -0.2) is 9.97 Å². The van der Waals surface area contributed by atoms with Crippen LogP contribution < -0.4 is 11.1 Å². The summed E-state index contributed by atoms with van der Waals surface area (Å²) in [6, 6.07) is 1.32. The van der Waals surface area contributed by atoms with E-state index in [-0.39, 0.29) is 17.0 Å². The molecular formula is C14H17F3N4OS. The molecule has 0 unspecified atom stereocenters. The standard InChI is InChI=1S/C14H17F3N4OS/c15-14(16,17)5-10-4-11-12(19-6-20-13(11)23-10)21-8-1-7(18)2-9(22)3-8/h4,6-9,22H,1-3,5,18H2,(H,19,20,21)/t7-,8+,9-/m1/s1. The number of hydrogen-bond acceptors (Lipinski definition) is 6. The van der Waals surface area contributed by atoms with Crippen LogP contribution in [0.2, 0.25) is 0 Å². The zero-order valence-corrected chi connectivity index (χ0v) is 13.0. The Kier molecular flexibility index (Phi) is 4.43. The first-order chi connectivity index (χ1) is 10.8. The largest absolute Gasteiger partial charge is 0.393 e. The zero-order chi connectivity index (χ0) is 16.6. The Balaban J connectivity index is 1.83. The minimum atomic E-state index is -4.25. The summed E-state index contributed by atoms with van der Waals surface area (Å²) in [5, 5.41) is 13.6. The number of rotatable bonds is 3. The van der Waals surface area contributed by atoms with Crippen molar-refractivity contribution < 1.29 is 18.3 Å². The highest BCUT2D eigenvalue weighted by molar-refractivity contribution is 7.18. The number of aliphatic hydroxyl groups is 1. The van der Waals surface area contributed by atoms with Gasteiger partial charge < -0.3 is 16.2 Å². The van der Waals surface area contributed by atoms with E-state index in [1.165, 1.54) is 12.4 Å². The summed E-state index contributed by atoms with van der Waals surface area (Å²) in [6.07, 6.45) is -2.58. The van der Waals surface area contributed by atoms with Crippen LogP contribution in [0, 0.1) is 0 Å². The maximum Gasteiger partial charge on any atom is 0.393 e. The number of thiophene rings is 1. The maximum absolute atomic E-state index is 12.5. The van der Waals surface area contributed by atoms with E-state index in [0.717, 1.165) is 11.3 Å². The highest BCUT2D eigenvalue weighted by Crippen LogP contribution is 2.33. The monoisotopic (exact) mass is 346 g/mol. The van der Waals surface area contributed by atoms with Crippen LogP contribution >= 0.6 is 11.3 Å². The number of nitrogens with two attached hydrogens (primary N) is 1. The van der Waals surface area contributed by atoms with Crippen molar-refractivity contribution in [1.29, 1.82) is 0 Å². The van der Waals surface area contributed by atoms with E-state index in [2.05, 4.69) is 15.3 Å². The van der Waals surface area contributed by atoms with Gasteiger partial charge in [0.05, 0.1) is 17.9 Å². The second kappa shape index (κ2) is 6.21. The molecule has 0 aliphatic heterocycles. The fraction of sp³-hybridized carbons (Fsp3) is 0.571. The molecule has 0 amide bonds. The lowest BCUT2D eigenvalue weighted by molar-refractivity contribution is -0.126. The highest BCUT2D eigenvalue weighted by Gasteiger charge is 2.30. The molecule has 1 fully saturated rings. The molecule has 0 bridgehead atoms. The second-order valence-corrected chi connectivity index (χ2v) is 7.02. The summed E-state index contributed by atoms with van der Waals surface area (Å²) in [5.74, 6) is 0.492. The van der Waals surface area contributed by atoms with Gasteiger partial charge in [-0.2, -0.15) is 13.2 Å². The van der Waals surface area contributed by atoms with Crippen molar-refractivity contribution in [1.82, 2.24) is 9.97 Å². The van der Waals surface area contributed by atoms with Crippen LogP contribution in [0.4, 0.5) is 19.0 Å². The first-order valence-corrected chi connectivity index (χ1v) is 8.12. The van der Waals surface area contributed by atoms with E-state index in [1.54, 1.807) is 0 Å². The van der Waals surface area contributed by atoms with Crippen molar-refractivity contribution in [2.45, 2.75) is 50.0 Å². The first-order valence-electron chi connectivity index (χ1n) is 7.30. The number of fused-ring (bicyclic) bond motifs is 1. The van der Waals surface area contributed by atoms with E-state index in [4.69, 9.17) is 5.73 Å². The number of anilines is 1. The Morgan fingerprint density at radius 3 is 2.78 bits per heavy atom. The lowest BCUT2D eigenvalue weighted by Gasteiger charge is -2.31. The van der Waals surface area contributed by atoms with Crippen LogP contribution in [0.5, 0.6) is 0 Å². The topological polar surface area (TPSA) is 84.1 Å². The smallest absolute Gasteiger partial charge is 0.393 e. The van der Waals surface area contributed by atoms with Gasteiger partial charge in [0.15, 0.2) is 0 Å². The predicted octanol–water partition coefficient (Wildman–Crippen LogP) is 2.45. The van der Waals surface area contributed by atoms with Crippen molar-refractivity contribution in [2.75, 3.05) is 5.32 Å². The van der Waals surface area contributed by atoms with Crippen molar-refractivity contribution in [2.24, 2.45) is 5.73 Å². The minimum Gasteiger partial charge on any atom is -0.393 e. The molecule has 126 valence electrons. The molecule has 2 aromatic rings. The molecule has 2 aromatic heterocycles. The summed E-state index contributed by atoms with van der Waals surface area (Å²) in [5.41, 5.74) is 5.90. The fourth-order valence-corrected chi connectivity index (χ4v) is 3.97. The van der Waals surface area contributed by atoms with Gasteiger partial charge in [0.25, 0.3) is 0 Å². The molecule has 0 radical (unpaired) electrons. The SMILES string of the molecule is N[C@H]1C[C@@H](O)C[C@@H](Nc2ncnc3sc(CC(F)(F)F)cc23)C1. The normalized spacial score (nSPS) is 25.7. The molecule has 23 heavy (non-hydrogen) atoms. The Bertz CT molecular complexity index is 680. The lowest BCUT2D eigenvalue weighted by Crippen LogP contribution is -2.41. The molecule has 0 saturated heterocycles. The second-order valence-electron chi connectivity index (χ2n) is 5.91. The molecular weight excluding hydrogens is 329 g/mol. The number of halogens is 3. The Morgan fingerprint density at radius 1 is 1.30 bits per heavy atom. The zero-order valence-electron chi connectivity index (χ0n) is 12.2. The quantitative estimate of drug-likeness (QED) is 0.795. The molecule has 1 aliphatic rings. The molecule has 9 heteroatoms. The summed E-state index contributed by atoms with van der Waals surface area (Å²) >= 11 is 1.02. The lowest BCUT2D eigenvalue weighted by atomic mass is 9.89. The number of aliphatic hydroxyl groups excluding tert-OH is 1. The van der Waals surface area contributed by atoms with E-state index in [9.17, 15) is 18.3 Å². The van der Waals surface area contributed by atoms with E-state index >= 15 is 0 Å². The van der Waals surface area contributed by atoms with Crippen molar-refractivity contribution in [3.63, 3.8) is 0 Å². The first kappa shape index (κ1) is 16.4. The predicted molar refractivity (Wildman–Crippen MR) is 82.4 cm³/mol. The molecule has 3 atom stereocenters. The third-order valence-corrected chi connectivity index (χ3v) is 4.86. The number of alkyl halides is 3. The van der Waals surface area contributed by atoms with Crippen LogP contribution in [0.25, 0.3) is 10.2 Å². The van der Waals surface area contributed by atoms with E-state index < -0.39 is 18.7 Å². The van der Waals surface area contributed by atoms with Gasteiger partial charge in [-0.3, -0.25) is 0 Å². The summed E-state index contributed by atoms with van der Waals surface area (Å²) < 4.78 is 37.6. The number of aromatic nitrogens is 2. The van der Waals surface area contributed by atoms with Gasteiger partial charge in [-0.15, -0.1) is 11.3 Å². The van der Waals surface area contributed by atoms with Gasteiger partial charge in [-0.05, 0) is 25.3 Å². The molecule has 5 nitrogen and oxygen atoms in total. The Labute approximate surface area is 134 Å². The van der Waals surface area contributed by atoms with E-state index in [1.807, 2.05) is 0 Å². The minimum absolute atomic E-state index is 0.0576. The van der Waals surface area contributed by atoms with Gasteiger partial charge in [-0.1, -0.05) is 0 Å². The molecule has 2 heterocycles. The summed E-state index contributed by atoms with van der Waals surface area (Å²) in [7, 11) is 0. The average molecular weight is 346 g/mol. The van der Waals surface area contributed by atoms with Crippen molar-refractivity contribution in [3.8, 4) is 0 Å². The van der Waals surface area contributed by atoms with Gasteiger partial charge >= 0.3 is 6.18 Å². The number of hydrogen-bond donors (Lipinski definition) is 3. The van der Waals surface area contributed by atoms with Crippen LogP contribution in [-0.4, -0.2) is 39.4 Å². The molecule has 3 rings (SSSR count). The van der Waals surface area contributed by atoms with Crippen LogP contribution in [-0.2, 0) is 6.42 Å². The van der Waals surface area contributed by atoms with Gasteiger partial charge in [0.1, 0.15) is 17.0 Å². The Hall–Kier alpha value is -1.45. The average Bonchev–Trinajstić information content (AvgIpc) is 2.78. The van der Waals surface area contributed by atoms with Crippen molar-refractivity contribution >= 4 is 27.4 Å². The van der Waals surface area contributed by atoms with Crippen LogP contribution in [0.3, 0.4) is 0 Å². The van der Waals surface area contributed by atoms with Gasteiger partial charge in [0, 0.05) is 17.0 Å². The molecule has 0 spiro atoms. The number of nitrogens with zero attached hydrogens (tertiary/aromatic N) is 2. The maximum atomic E-state index is 12.5. The third-order valence-electron chi connectivity index (χ3n) is 3.81. The summed E-state index contributed by atoms with van der Waals surface area (Å²) in [6.45, 7) is 0. The van der Waals surface area contributed by atoms with Crippen molar-refractivity contribution in [3.05, 3.63) is 17.3 Å². The molecule has 0 aromatic carbocycles. The number of nitrogens with one attached hydrogen (secondary N) is 1. The Morgan fingerprint density at radius 2 is 2.09 bits per heavy atom. The fourth-order valence-electron chi connectivity index (χ4n) is 2.95. The van der Waals surface area contributed by atoms with Crippen LogP contribution in [0.15, 0.2) is 12.4 Å². The highest BCUT2D eigenvalue weighted by atomic mass is 32.1. The third kappa shape index (κ3) is 4.10. The van der Waals surface area contributed by atoms with E-state index in [0.29, 0.717) is 35.3 Å². The molecule has 4 N–H and O–H groups in total. The molecule has 1 saturated carbocycles. The summed E-state index contributed by atoms with van der Waals surface area (Å²) in [4.78, 5) is 8.90.